The number of hydrogen-bond donors (Lipinski definition) is 2. The molecule has 0 radical (unpaired) electrons. The van der Waals surface area contributed by atoms with Crippen LogP contribution >= 0.6 is 0 Å². The largest absolute Gasteiger partial charge is 0.465 e. The van der Waals surface area contributed by atoms with E-state index in [0.717, 1.165) is 25.9 Å². The lowest BCUT2D eigenvalue weighted by atomic mass is 9.98. The predicted octanol–water partition coefficient (Wildman–Crippen LogP) is 3.40. The molecular formula is C23H27N3O4. The standard InChI is InChI=1S/C23H27N3O4/c1-16-10-12-26(13-11-16)22(28)18-4-3-5-20(14-18)24-15-21(27)25-19-8-6-17(7-9-19)23(29)30-2/h3-9,14,16,24H,10-13,15H2,1-2H3,(H,25,27). The molecule has 158 valence electrons. The second kappa shape index (κ2) is 9.91. The molecule has 0 spiro atoms. The van der Waals surface area contributed by atoms with Crippen molar-refractivity contribution in [3.05, 3.63) is 59.7 Å². The first-order valence-corrected chi connectivity index (χ1v) is 10.1. The van der Waals surface area contributed by atoms with Gasteiger partial charge in [-0.25, -0.2) is 4.79 Å². The fourth-order valence-corrected chi connectivity index (χ4v) is 3.35. The summed E-state index contributed by atoms with van der Waals surface area (Å²) in [6, 6.07) is 13.7. The summed E-state index contributed by atoms with van der Waals surface area (Å²) < 4.78 is 4.65. The summed E-state index contributed by atoms with van der Waals surface area (Å²) in [5.41, 5.74) is 2.33. The maximum absolute atomic E-state index is 12.7. The average molecular weight is 409 g/mol. The van der Waals surface area contributed by atoms with Crippen LogP contribution in [0.2, 0.25) is 0 Å². The van der Waals surface area contributed by atoms with E-state index in [1.807, 2.05) is 17.0 Å². The van der Waals surface area contributed by atoms with Gasteiger partial charge < -0.3 is 20.3 Å². The third-order valence-electron chi connectivity index (χ3n) is 5.22. The van der Waals surface area contributed by atoms with Gasteiger partial charge in [-0.3, -0.25) is 9.59 Å². The summed E-state index contributed by atoms with van der Waals surface area (Å²) in [4.78, 5) is 38.3. The number of likely N-dealkylation sites (tertiary alicyclic amines) is 1. The van der Waals surface area contributed by atoms with Crippen molar-refractivity contribution in [2.24, 2.45) is 5.92 Å². The van der Waals surface area contributed by atoms with Gasteiger partial charge in [0.05, 0.1) is 19.2 Å². The number of anilines is 2. The minimum Gasteiger partial charge on any atom is -0.465 e. The molecule has 7 heteroatoms. The van der Waals surface area contributed by atoms with Crippen LogP contribution in [0.1, 0.15) is 40.5 Å². The Morgan fingerprint density at radius 2 is 1.70 bits per heavy atom. The Morgan fingerprint density at radius 3 is 2.37 bits per heavy atom. The number of carbonyl (C=O) groups excluding carboxylic acids is 3. The van der Waals surface area contributed by atoms with Crippen molar-refractivity contribution in [3.63, 3.8) is 0 Å². The second-order valence-corrected chi connectivity index (χ2v) is 7.53. The van der Waals surface area contributed by atoms with Crippen LogP contribution in [-0.4, -0.2) is 49.4 Å². The summed E-state index contributed by atoms with van der Waals surface area (Å²) in [7, 11) is 1.32. The lowest BCUT2D eigenvalue weighted by molar-refractivity contribution is -0.114. The quantitative estimate of drug-likeness (QED) is 0.714. The molecule has 1 aliphatic heterocycles. The molecule has 2 N–H and O–H groups in total. The van der Waals surface area contributed by atoms with E-state index in [1.165, 1.54) is 7.11 Å². The first-order valence-electron chi connectivity index (χ1n) is 10.1. The van der Waals surface area contributed by atoms with Gasteiger partial charge >= 0.3 is 5.97 Å². The molecule has 0 aliphatic carbocycles. The van der Waals surface area contributed by atoms with E-state index >= 15 is 0 Å². The Kier molecular flexibility index (Phi) is 7.06. The van der Waals surface area contributed by atoms with E-state index < -0.39 is 5.97 Å². The Labute approximate surface area is 176 Å². The number of nitrogens with one attached hydrogen (secondary N) is 2. The molecule has 1 saturated heterocycles. The van der Waals surface area contributed by atoms with Crippen LogP contribution in [-0.2, 0) is 9.53 Å². The number of carbonyl (C=O) groups is 3. The van der Waals surface area contributed by atoms with Gasteiger partial charge in [0.1, 0.15) is 0 Å². The number of methoxy groups -OCH3 is 1. The minimum atomic E-state index is -0.428. The summed E-state index contributed by atoms with van der Waals surface area (Å²) in [6.07, 6.45) is 2.06. The zero-order chi connectivity index (χ0) is 21.5. The van der Waals surface area contributed by atoms with Gasteiger partial charge in [-0.1, -0.05) is 13.0 Å². The molecule has 0 aromatic heterocycles. The van der Waals surface area contributed by atoms with Gasteiger partial charge in [0.15, 0.2) is 0 Å². The van der Waals surface area contributed by atoms with Gasteiger partial charge in [0.2, 0.25) is 5.91 Å². The van der Waals surface area contributed by atoms with Crippen molar-refractivity contribution in [2.45, 2.75) is 19.8 Å². The lowest BCUT2D eigenvalue weighted by Gasteiger charge is -2.30. The van der Waals surface area contributed by atoms with Crippen molar-refractivity contribution in [1.29, 1.82) is 0 Å². The summed E-state index contributed by atoms with van der Waals surface area (Å²) in [6.45, 7) is 3.84. The Bertz CT molecular complexity index is 903. The Balaban J connectivity index is 1.53. The van der Waals surface area contributed by atoms with Gasteiger partial charge in [-0.2, -0.15) is 0 Å². The number of nitrogens with zero attached hydrogens (tertiary/aromatic N) is 1. The molecule has 0 saturated carbocycles. The number of rotatable bonds is 6. The lowest BCUT2D eigenvalue weighted by Crippen LogP contribution is -2.37. The van der Waals surface area contributed by atoms with Crippen LogP contribution in [0.4, 0.5) is 11.4 Å². The van der Waals surface area contributed by atoms with E-state index in [2.05, 4.69) is 22.3 Å². The number of amides is 2. The Morgan fingerprint density at radius 1 is 1.00 bits per heavy atom. The third-order valence-corrected chi connectivity index (χ3v) is 5.22. The monoisotopic (exact) mass is 409 g/mol. The first kappa shape index (κ1) is 21.4. The summed E-state index contributed by atoms with van der Waals surface area (Å²) >= 11 is 0. The van der Waals surface area contributed by atoms with Crippen LogP contribution < -0.4 is 10.6 Å². The highest BCUT2D eigenvalue weighted by Crippen LogP contribution is 2.19. The number of esters is 1. The molecule has 1 aliphatic rings. The smallest absolute Gasteiger partial charge is 0.337 e. The van der Waals surface area contributed by atoms with Crippen LogP contribution in [0.15, 0.2) is 48.5 Å². The zero-order valence-corrected chi connectivity index (χ0v) is 17.3. The summed E-state index contributed by atoms with van der Waals surface area (Å²) in [5.74, 6) is 0.0310. The molecule has 2 amide bonds. The van der Waals surface area contributed by atoms with Gasteiger partial charge in [-0.15, -0.1) is 0 Å². The van der Waals surface area contributed by atoms with Gasteiger partial charge in [0, 0.05) is 30.0 Å². The molecule has 3 rings (SSSR count). The fraction of sp³-hybridized carbons (Fsp3) is 0.348. The van der Waals surface area contributed by atoms with Crippen molar-refractivity contribution >= 4 is 29.2 Å². The van der Waals surface area contributed by atoms with Crippen molar-refractivity contribution in [2.75, 3.05) is 37.4 Å². The van der Waals surface area contributed by atoms with Crippen molar-refractivity contribution in [1.82, 2.24) is 4.90 Å². The SMILES string of the molecule is COC(=O)c1ccc(NC(=O)CNc2cccc(C(=O)N3CCC(C)CC3)c2)cc1. The second-order valence-electron chi connectivity index (χ2n) is 7.53. The number of piperidine rings is 1. The van der Waals surface area contributed by atoms with E-state index in [-0.39, 0.29) is 18.4 Å². The van der Waals surface area contributed by atoms with E-state index in [0.29, 0.717) is 28.4 Å². The zero-order valence-electron chi connectivity index (χ0n) is 17.3. The molecule has 30 heavy (non-hydrogen) atoms. The molecular weight excluding hydrogens is 382 g/mol. The highest BCUT2D eigenvalue weighted by atomic mass is 16.5. The molecule has 0 bridgehead atoms. The summed E-state index contributed by atoms with van der Waals surface area (Å²) in [5, 5.41) is 5.81. The number of ether oxygens (including phenoxy) is 1. The number of benzene rings is 2. The predicted molar refractivity (Wildman–Crippen MR) is 116 cm³/mol. The first-order chi connectivity index (χ1) is 14.5. The average Bonchev–Trinajstić information content (AvgIpc) is 2.78. The normalized spacial score (nSPS) is 14.1. The maximum Gasteiger partial charge on any atom is 0.337 e. The van der Waals surface area contributed by atoms with Crippen LogP contribution in [0.3, 0.4) is 0 Å². The minimum absolute atomic E-state index is 0.0284. The van der Waals surface area contributed by atoms with Gasteiger partial charge in [0.25, 0.3) is 5.91 Å². The van der Waals surface area contributed by atoms with Crippen molar-refractivity contribution in [3.8, 4) is 0 Å². The fourth-order valence-electron chi connectivity index (χ4n) is 3.35. The topological polar surface area (TPSA) is 87.7 Å². The maximum atomic E-state index is 12.7. The highest BCUT2D eigenvalue weighted by molar-refractivity contribution is 5.96. The third kappa shape index (κ3) is 5.59. The molecule has 0 atom stereocenters. The van der Waals surface area contributed by atoms with E-state index in [9.17, 15) is 14.4 Å². The van der Waals surface area contributed by atoms with E-state index in [1.54, 1.807) is 36.4 Å². The Hall–Kier alpha value is -3.35. The molecule has 1 fully saturated rings. The van der Waals surface area contributed by atoms with Crippen molar-refractivity contribution < 1.29 is 19.1 Å². The van der Waals surface area contributed by atoms with Crippen LogP contribution in [0, 0.1) is 5.92 Å². The molecule has 2 aromatic rings. The molecule has 0 unspecified atom stereocenters. The van der Waals surface area contributed by atoms with Gasteiger partial charge in [-0.05, 0) is 61.2 Å². The van der Waals surface area contributed by atoms with Crippen LogP contribution in [0.5, 0.6) is 0 Å². The molecule has 7 nitrogen and oxygen atoms in total. The highest BCUT2D eigenvalue weighted by Gasteiger charge is 2.21. The molecule has 1 heterocycles. The molecule has 2 aromatic carbocycles. The van der Waals surface area contributed by atoms with E-state index in [4.69, 9.17) is 0 Å². The van der Waals surface area contributed by atoms with Crippen LogP contribution in [0.25, 0.3) is 0 Å². The number of hydrogen-bond acceptors (Lipinski definition) is 5.